The molecule has 3 nitrogen and oxygen atoms in total. The van der Waals surface area contributed by atoms with Gasteiger partial charge in [0.05, 0.1) is 11.1 Å². The minimum Gasteiger partial charge on any atom is -0.478 e. The fourth-order valence-corrected chi connectivity index (χ4v) is 1.82. The number of fused-ring (bicyclic) bond motifs is 1. The van der Waals surface area contributed by atoms with Crippen LogP contribution in [-0.2, 0) is 6.54 Å². The summed E-state index contributed by atoms with van der Waals surface area (Å²) in [7, 11) is 0. The van der Waals surface area contributed by atoms with Crippen LogP contribution < -0.4 is 0 Å². The van der Waals surface area contributed by atoms with Gasteiger partial charge in [-0.25, -0.2) is 4.79 Å². The van der Waals surface area contributed by atoms with Crippen LogP contribution in [0.15, 0.2) is 42.1 Å². The van der Waals surface area contributed by atoms with Gasteiger partial charge < -0.3 is 9.67 Å². The summed E-state index contributed by atoms with van der Waals surface area (Å²) in [6.45, 7) is 0.567. The first-order chi connectivity index (χ1) is 7.74. The molecule has 0 aliphatic carbocycles. The minimum atomic E-state index is -0.916. The molecule has 0 amide bonds. The van der Waals surface area contributed by atoms with Crippen LogP contribution in [0.5, 0.6) is 0 Å². The first-order valence-electron chi connectivity index (χ1n) is 4.80. The number of aromatic carboxylic acids is 1. The number of para-hydroxylation sites is 1. The van der Waals surface area contributed by atoms with Crippen LogP contribution in [0.4, 0.5) is 0 Å². The molecule has 0 atom stereocenters. The zero-order chi connectivity index (χ0) is 11.5. The van der Waals surface area contributed by atoms with E-state index in [0.717, 1.165) is 10.9 Å². The summed E-state index contributed by atoms with van der Waals surface area (Å²) in [5.74, 6) is -0.916. The van der Waals surface area contributed by atoms with Crippen LogP contribution in [0.1, 0.15) is 10.4 Å². The van der Waals surface area contributed by atoms with Crippen LogP contribution in [-0.4, -0.2) is 15.6 Å². The second kappa shape index (κ2) is 4.41. The third-order valence-electron chi connectivity index (χ3n) is 2.41. The van der Waals surface area contributed by atoms with Gasteiger partial charge in [0.15, 0.2) is 0 Å². The summed E-state index contributed by atoms with van der Waals surface area (Å²) in [6.07, 6.45) is 3.62. The molecule has 0 aliphatic heterocycles. The molecule has 1 aromatic carbocycles. The number of rotatable bonds is 3. The lowest BCUT2D eigenvalue weighted by Gasteiger charge is -2.04. The minimum absolute atomic E-state index is 0.311. The smallest absolute Gasteiger partial charge is 0.337 e. The average molecular weight is 236 g/mol. The number of hydrogen-bond donors (Lipinski definition) is 1. The molecule has 2 aromatic rings. The standard InChI is InChI=1S/C12H10ClNO2/c13-6-2-7-14-8-5-9-3-1-4-10(11(9)14)12(15)16/h1-6,8H,7H2,(H,15,16). The monoisotopic (exact) mass is 235 g/mol. The van der Waals surface area contributed by atoms with Crippen molar-refractivity contribution < 1.29 is 9.90 Å². The van der Waals surface area contributed by atoms with Crippen molar-refractivity contribution in [1.29, 1.82) is 0 Å². The molecule has 0 saturated carbocycles. The summed E-state index contributed by atoms with van der Waals surface area (Å²) >= 11 is 5.46. The number of benzene rings is 1. The quantitative estimate of drug-likeness (QED) is 0.888. The first-order valence-corrected chi connectivity index (χ1v) is 5.24. The highest BCUT2D eigenvalue weighted by Gasteiger charge is 2.11. The molecule has 1 N–H and O–H groups in total. The van der Waals surface area contributed by atoms with E-state index in [4.69, 9.17) is 16.7 Å². The van der Waals surface area contributed by atoms with Gasteiger partial charge in [0.1, 0.15) is 0 Å². The fraction of sp³-hybridized carbons (Fsp3) is 0.0833. The van der Waals surface area contributed by atoms with E-state index in [9.17, 15) is 4.79 Å². The molecule has 0 spiro atoms. The number of nitrogens with zero attached hydrogens (tertiary/aromatic N) is 1. The van der Waals surface area contributed by atoms with Gasteiger partial charge in [-0.2, -0.15) is 0 Å². The predicted octanol–water partition coefficient (Wildman–Crippen LogP) is 3.09. The van der Waals surface area contributed by atoms with Gasteiger partial charge in [-0.3, -0.25) is 0 Å². The highest BCUT2D eigenvalue weighted by molar-refractivity contribution is 6.25. The van der Waals surface area contributed by atoms with Crippen molar-refractivity contribution in [3.05, 3.63) is 47.6 Å². The summed E-state index contributed by atoms with van der Waals surface area (Å²) in [5.41, 5.74) is 2.46. The van der Waals surface area contributed by atoms with Crippen LogP contribution in [0, 0.1) is 0 Å². The number of aromatic nitrogens is 1. The van der Waals surface area contributed by atoms with Crippen LogP contribution >= 0.6 is 11.6 Å². The van der Waals surface area contributed by atoms with E-state index in [0.29, 0.717) is 12.1 Å². The lowest BCUT2D eigenvalue weighted by atomic mass is 10.1. The lowest BCUT2D eigenvalue weighted by molar-refractivity contribution is 0.0698. The molecule has 0 unspecified atom stereocenters. The molecule has 0 aliphatic rings. The van der Waals surface area contributed by atoms with E-state index in [1.165, 1.54) is 5.54 Å². The average Bonchev–Trinajstić information content (AvgIpc) is 2.69. The van der Waals surface area contributed by atoms with E-state index >= 15 is 0 Å². The molecule has 0 radical (unpaired) electrons. The van der Waals surface area contributed by atoms with Gasteiger partial charge >= 0.3 is 5.97 Å². The Hall–Kier alpha value is -1.74. The molecule has 16 heavy (non-hydrogen) atoms. The van der Waals surface area contributed by atoms with E-state index in [1.54, 1.807) is 18.2 Å². The van der Waals surface area contributed by atoms with E-state index in [-0.39, 0.29) is 0 Å². The second-order valence-corrected chi connectivity index (χ2v) is 3.63. The van der Waals surface area contributed by atoms with Crippen LogP contribution in [0.25, 0.3) is 10.9 Å². The Morgan fingerprint density at radius 2 is 2.25 bits per heavy atom. The Morgan fingerprint density at radius 3 is 2.94 bits per heavy atom. The molecule has 1 heterocycles. The van der Waals surface area contributed by atoms with Gasteiger partial charge in [-0.1, -0.05) is 29.8 Å². The number of hydrogen-bond acceptors (Lipinski definition) is 1. The highest BCUT2D eigenvalue weighted by Crippen LogP contribution is 2.20. The predicted molar refractivity (Wildman–Crippen MR) is 63.9 cm³/mol. The Bertz CT molecular complexity index is 557. The lowest BCUT2D eigenvalue weighted by Crippen LogP contribution is -2.02. The third kappa shape index (κ3) is 1.82. The molecule has 82 valence electrons. The van der Waals surface area contributed by atoms with Crippen molar-refractivity contribution in [2.24, 2.45) is 0 Å². The summed E-state index contributed by atoms with van der Waals surface area (Å²) < 4.78 is 1.86. The molecule has 2 rings (SSSR count). The van der Waals surface area contributed by atoms with Gasteiger partial charge in [0, 0.05) is 23.7 Å². The molecule has 0 saturated heterocycles. The summed E-state index contributed by atoms with van der Waals surface area (Å²) in [6, 6.07) is 7.13. The van der Waals surface area contributed by atoms with E-state index < -0.39 is 5.97 Å². The highest BCUT2D eigenvalue weighted by atomic mass is 35.5. The number of halogens is 1. The Balaban J connectivity index is 2.62. The fourth-order valence-electron chi connectivity index (χ4n) is 1.74. The topological polar surface area (TPSA) is 42.2 Å². The number of carbonyl (C=O) groups is 1. The summed E-state index contributed by atoms with van der Waals surface area (Å²) in [5, 5.41) is 10.0. The van der Waals surface area contributed by atoms with Crippen molar-refractivity contribution in [1.82, 2.24) is 4.57 Å². The zero-order valence-corrected chi connectivity index (χ0v) is 9.19. The largest absolute Gasteiger partial charge is 0.478 e. The van der Waals surface area contributed by atoms with Crippen LogP contribution in [0.2, 0.25) is 0 Å². The Kier molecular flexibility index (Phi) is 2.97. The molecule has 0 bridgehead atoms. The van der Waals surface area contributed by atoms with Crippen molar-refractivity contribution in [3.8, 4) is 0 Å². The Labute approximate surface area is 97.6 Å². The first kappa shape index (κ1) is 10.8. The van der Waals surface area contributed by atoms with E-state index in [1.807, 2.05) is 22.9 Å². The molecule has 4 heteroatoms. The van der Waals surface area contributed by atoms with Gasteiger partial charge in [-0.05, 0) is 12.1 Å². The molecular weight excluding hydrogens is 226 g/mol. The Morgan fingerprint density at radius 1 is 1.44 bits per heavy atom. The van der Waals surface area contributed by atoms with Crippen LogP contribution in [0.3, 0.4) is 0 Å². The van der Waals surface area contributed by atoms with Crippen molar-refractivity contribution in [2.75, 3.05) is 0 Å². The normalized spacial score (nSPS) is 11.3. The number of carboxylic acids is 1. The van der Waals surface area contributed by atoms with Crippen molar-refractivity contribution >= 4 is 28.5 Å². The summed E-state index contributed by atoms with van der Waals surface area (Å²) in [4.78, 5) is 11.1. The number of carboxylic acid groups (broad SMARTS) is 1. The molecule has 0 fully saturated rings. The zero-order valence-electron chi connectivity index (χ0n) is 8.43. The van der Waals surface area contributed by atoms with Crippen molar-refractivity contribution in [2.45, 2.75) is 6.54 Å². The van der Waals surface area contributed by atoms with Gasteiger partial charge in [-0.15, -0.1) is 0 Å². The van der Waals surface area contributed by atoms with Gasteiger partial charge in [0.25, 0.3) is 0 Å². The SMILES string of the molecule is O=C(O)c1cccc2ccn(CC=CCl)c12. The maximum absolute atomic E-state index is 11.1. The van der Waals surface area contributed by atoms with Crippen molar-refractivity contribution in [3.63, 3.8) is 0 Å². The molecule has 1 aromatic heterocycles. The second-order valence-electron chi connectivity index (χ2n) is 3.38. The number of allylic oxidation sites excluding steroid dienone is 1. The third-order valence-corrected chi connectivity index (χ3v) is 2.59. The molecular formula is C12H10ClNO2. The maximum atomic E-state index is 11.1. The van der Waals surface area contributed by atoms with Gasteiger partial charge in [0.2, 0.25) is 0 Å². The maximum Gasteiger partial charge on any atom is 0.337 e. The van der Waals surface area contributed by atoms with E-state index in [2.05, 4.69) is 0 Å².